The van der Waals surface area contributed by atoms with Crippen LogP contribution in [0, 0.1) is 19.3 Å². The van der Waals surface area contributed by atoms with Crippen LogP contribution >= 0.6 is 0 Å². The summed E-state index contributed by atoms with van der Waals surface area (Å²) in [5.74, 6) is 0.0594. The topological polar surface area (TPSA) is 83.0 Å². The second-order valence-corrected chi connectivity index (χ2v) is 3.87. The molecule has 4 N–H and O–H groups in total. The van der Waals surface area contributed by atoms with Crippen molar-refractivity contribution >= 4 is 16.7 Å². The summed E-state index contributed by atoms with van der Waals surface area (Å²) in [5.41, 5.74) is 8.08. The maximum Gasteiger partial charge on any atom is 0.144 e. The summed E-state index contributed by atoms with van der Waals surface area (Å²) in [5, 5.41) is 18.1. The van der Waals surface area contributed by atoms with E-state index in [1.807, 2.05) is 26.0 Å². The Morgan fingerprint density at radius 1 is 1.31 bits per heavy atom. The van der Waals surface area contributed by atoms with Crippen molar-refractivity contribution in [2.24, 2.45) is 5.73 Å². The first-order valence-electron chi connectivity index (χ1n) is 4.95. The number of hydrogen-bond acceptors (Lipinski definition) is 3. The molecule has 0 bridgehead atoms. The van der Waals surface area contributed by atoms with Crippen LogP contribution in [-0.4, -0.2) is 15.9 Å². The van der Waals surface area contributed by atoms with Crippen LogP contribution in [0.4, 0.5) is 0 Å². The molecule has 0 amide bonds. The number of nitrogens with one attached hydrogen (secondary N) is 1. The number of benzene rings is 1. The van der Waals surface area contributed by atoms with Gasteiger partial charge in [0.25, 0.3) is 0 Å². The standard InChI is InChI=1S/C12H13N3O/c1-6-5-7(2)11(16)10-8(6)3-4-9(15-10)12(13)14/h3-5,16H,1-2H3,(H3,13,14). The average Bonchev–Trinajstić information content (AvgIpc) is 2.25. The van der Waals surface area contributed by atoms with Gasteiger partial charge in [0, 0.05) is 5.39 Å². The second-order valence-electron chi connectivity index (χ2n) is 3.87. The van der Waals surface area contributed by atoms with Gasteiger partial charge in [-0.15, -0.1) is 0 Å². The number of rotatable bonds is 1. The lowest BCUT2D eigenvalue weighted by Gasteiger charge is -2.08. The van der Waals surface area contributed by atoms with E-state index in [0.29, 0.717) is 11.2 Å². The molecule has 0 aliphatic heterocycles. The molecule has 0 unspecified atom stereocenters. The molecule has 0 radical (unpaired) electrons. The Hall–Kier alpha value is -2.10. The van der Waals surface area contributed by atoms with E-state index in [1.54, 1.807) is 6.07 Å². The smallest absolute Gasteiger partial charge is 0.144 e. The first kappa shape index (κ1) is 10.4. The number of nitrogens with two attached hydrogens (primary N) is 1. The highest BCUT2D eigenvalue weighted by Crippen LogP contribution is 2.29. The summed E-state index contributed by atoms with van der Waals surface area (Å²) in [4.78, 5) is 4.20. The highest BCUT2D eigenvalue weighted by molar-refractivity contribution is 5.97. The quantitative estimate of drug-likeness (QED) is 0.501. The lowest BCUT2D eigenvalue weighted by molar-refractivity contribution is 0.476. The molecule has 0 saturated heterocycles. The van der Waals surface area contributed by atoms with E-state index in [-0.39, 0.29) is 11.6 Å². The third-order valence-electron chi connectivity index (χ3n) is 2.63. The fourth-order valence-electron chi connectivity index (χ4n) is 1.77. The number of amidine groups is 1. The number of hydrogen-bond donors (Lipinski definition) is 3. The minimum absolute atomic E-state index is 0.0968. The number of nitrogen functional groups attached to an aromatic ring is 1. The van der Waals surface area contributed by atoms with Gasteiger partial charge in [0.1, 0.15) is 22.8 Å². The van der Waals surface area contributed by atoms with Gasteiger partial charge in [0.2, 0.25) is 0 Å². The molecule has 0 atom stereocenters. The zero-order valence-corrected chi connectivity index (χ0v) is 9.20. The Labute approximate surface area is 93.2 Å². The number of pyridine rings is 1. The molecule has 2 aromatic rings. The van der Waals surface area contributed by atoms with Crippen LogP contribution < -0.4 is 5.73 Å². The van der Waals surface area contributed by atoms with Gasteiger partial charge < -0.3 is 10.8 Å². The molecule has 0 aliphatic carbocycles. The molecule has 4 heteroatoms. The SMILES string of the molecule is Cc1cc(C)c2ccc(C(=N)N)nc2c1O. The Kier molecular flexibility index (Phi) is 2.27. The van der Waals surface area contributed by atoms with E-state index in [0.717, 1.165) is 16.5 Å². The molecule has 1 heterocycles. The number of phenolic OH excluding ortho intramolecular Hbond substituents is 1. The molecular weight excluding hydrogens is 202 g/mol. The predicted molar refractivity (Wildman–Crippen MR) is 63.9 cm³/mol. The zero-order chi connectivity index (χ0) is 11.9. The maximum atomic E-state index is 9.92. The van der Waals surface area contributed by atoms with Gasteiger partial charge in [-0.25, -0.2) is 4.98 Å². The minimum Gasteiger partial charge on any atom is -0.505 e. The first-order chi connectivity index (χ1) is 7.50. The second kappa shape index (κ2) is 3.48. The molecule has 1 aromatic carbocycles. The molecule has 82 valence electrons. The van der Waals surface area contributed by atoms with Crippen molar-refractivity contribution in [3.63, 3.8) is 0 Å². The largest absolute Gasteiger partial charge is 0.505 e. The van der Waals surface area contributed by atoms with Gasteiger partial charge in [-0.2, -0.15) is 0 Å². The van der Waals surface area contributed by atoms with Crippen LogP contribution in [0.1, 0.15) is 16.8 Å². The zero-order valence-electron chi connectivity index (χ0n) is 9.20. The molecule has 16 heavy (non-hydrogen) atoms. The number of phenols is 1. The van der Waals surface area contributed by atoms with E-state index in [1.165, 1.54) is 0 Å². The summed E-state index contributed by atoms with van der Waals surface area (Å²) in [7, 11) is 0. The van der Waals surface area contributed by atoms with Crippen LogP contribution in [0.3, 0.4) is 0 Å². The monoisotopic (exact) mass is 215 g/mol. The fraction of sp³-hybridized carbons (Fsp3) is 0.167. The molecule has 2 rings (SSSR count). The summed E-state index contributed by atoms with van der Waals surface area (Å²) in [6, 6.07) is 5.42. The highest BCUT2D eigenvalue weighted by Gasteiger charge is 2.09. The van der Waals surface area contributed by atoms with Gasteiger partial charge in [-0.3, -0.25) is 5.41 Å². The number of aromatic hydroxyl groups is 1. The van der Waals surface area contributed by atoms with E-state index in [4.69, 9.17) is 11.1 Å². The lowest BCUT2D eigenvalue weighted by Crippen LogP contribution is -2.13. The Balaban J connectivity index is 2.86. The fourth-order valence-corrected chi connectivity index (χ4v) is 1.77. The van der Waals surface area contributed by atoms with Crippen molar-refractivity contribution in [1.29, 1.82) is 5.41 Å². The van der Waals surface area contributed by atoms with Crippen molar-refractivity contribution in [1.82, 2.24) is 4.98 Å². The minimum atomic E-state index is -0.0968. The summed E-state index contributed by atoms with van der Waals surface area (Å²) in [6.45, 7) is 3.79. The van der Waals surface area contributed by atoms with Crippen LogP contribution in [0.25, 0.3) is 10.9 Å². The van der Waals surface area contributed by atoms with Crippen molar-refractivity contribution < 1.29 is 5.11 Å². The molecule has 0 saturated carbocycles. The summed E-state index contributed by atoms with van der Waals surface area (Å²) in [6.07, 6.45) is 0. The van der Waals surface area contributed by atoms with Crippen molar-refractivity contribution in [2.75, 3.05) is 0 Å². The molecular formula is C12H13N3O. The Bertz CT molecular complexity index is 590. The molecule has 1 aromatic heterocycles. The van der Waals surface area contributed by atoms with Gasteiger partial charge in [0.15, 0.2) is 0 Å². The number of aromatic nitrogens is 1. The van der Waals surface area contributed by atoms with Crippen LogP contribution in [0.5, 0.6) is 5.75 Å². The van der Waals surface area contributed by atoms with E-state index in [2.05, 4.69) is 4.98 Å². The van der Waals surface area contributed by atoms with E-state index in [9.17, 15) is 5.11 Å². The third-order valence-corrected chi connectivity index (χ3v) is 2.63. The van der Waals surface area contributed by atoms with E-state index >= 15 is 0 Å². The predicted octanol–water partition coefficient (Wildman–Crippen LogP) is 1.84. The lowest BCUT2D eigenvalue weighted by atomic mass is 10.0. The third kappa shape index (κ3) is 1.48. The summed E-state index contributed by atoms with van der Waals surface area (Å²) < 4.78 is 0. The molecule has 0 aliphatic rings. The summed E-state index contributed by atoms with van der Waals surface area (Å²) >= 11 is 0. The van der Waals surface area contributed by atoms with Crippen molar-refractivity contribution in [3.05, 3.63) is 35.0 Å². The van der Waals surface area contributed by atoms with Crippen LogP contribution in [0.15, 0.2) is 18.2 Å². The number of aryl methyl sites for hydroxylation is 2. The average molecular weight is 215 g/mol. The van der Waals surface area contributed by atoms with Gasteiger partial charge >= 0.3 is 0 Å². The molecule has 0 fully saturated rings. The Morgan fingerprint density at radius 2 is 2.00 bits per heavy atom. The molecule has 4 nitrogen and oxygen atoms in total. The Morgan fingerprint density at radius 3 is 2.62 bits per heavy atom. The van der Waals surface area contributed by atoms with Gasteiger partial charge in [0.05, 0.1) is 0 Å². The van der Waals surface area contributed by atoms with Crippen LogP contribution in [-0.2, 0) is 0 Å². The van der Waals surface area contributed by atoms with E-state index < -0.39 is 0 Å². The number of fused-ring (bicyclic) bond motifs is 1. The number of nitrogens with zero attached hydrogens (tertiary/aromatic N) is 1. The van der Waals surface area contributed by atoms with Crippen molar-refractivity contribution in [2.45, 2.75) is 13.8 Å². The van der Waals surface area contributed by atoms with Crippen LogP contribution in [0.2, 0.25) is 0 Å². The van der Waals surface area contributed by atoms with Gasteiger partial charge in [-0.05, 0) is 31.0 Å². The van der Waals surface area contributed by atoms with Crippen molar-refractivity contribution in [3.8, 4) is 5.75 Å². The maximum absolute atomic E-state index is 9.92. The first-order valence-corrected chi connectivity index (χ1v) is 4.95. The highest BCUT2D eigenvalue weighted by atomic mass is 16.3. The molecule has 0 spiro atoms. The normalized spacial score (nSPS) is 10.6. The van der Waals surface area contributed by atoms with Gasteiger partial charge in [-0.1, -0.05) is 12.1 Å².